The molecule has 13 heavy (non-hydrogen) atoms. The van der Waals surface area contributed by atoms with E-state index >= 15 is 0 Å². The van der Waals surface area contributed by atoms with Gasteiger partial charge in [0.15, 0.2) is 0 Å². The lowest BCUT2D eigenvalue weighted by Gasteiger charge is -2.13. The highest BCUT2D eigenvalue weighted by Crippen LogP contribution is 2.22. The van der Waals surface area contributed by atoms with Crippen LogP contribution in [0.3, 0.4) is 0 Å². The maximum atomic E-state index is 3.47. The SMILES string of the molecule is CCCNc1c(C)ccc(C)c1C. The van der Waals surface area contributed by atoms with E-state index in [0.717, 1.165) is 6.54 Å². The highest BCUT2D eigenvalue weighted by molar-refractivity contribution is 5.59. The van der Waals surface area contributed by atoms with Crippen molar-refractivity contribution < 1.29 is 0 Å². The number of nitrogens with one attached hydrogen (secondary N) is 1. The summed E-state index contributed by atoms with van der Waals surface area (Å²) in [7, 11) is 0. The maximum Gasteiger partial charge on any atom is 0.0402 e. The summed E-state index contributed by atoms with van der Waals surface area (Å²) in [5.74, 6) is 0. The monoisotopic (exact) mass is 177 g/mol. The molecule has 0 aliphatic carbocycles. The Balaban J connectivity index is 2.96. The van der Waals surface area contributed by atoms with Crippen LogP contribution in [-0.2, 0) is 0 Å². The van der Waals surface area contributed by atoms with Crippen molar-refractivity contribution in [2.75, 3.05) is 11.9 Å². The lowest BCUT2D eigenvalue weighted by Crippen LogP contribution is -2.04. The molecule has 0 aliphatic heterocycles. The minimum absolute atomic E-state index is 1.06. The predicted molar refractivity (Wildman–Crippen MR) is 59.4 cm³/mol. The van der Waals surface area contributed by atoms with Gasteiger partial charge in [0.05, 0.1) is 0 Å². The first-order valence-electron chi connectivity index (χ1n) is 4.97. The van der Waals surface area contributed by atoms with E-state index in [1.54, 1.807) is 0 Å². The van der Waals surface area contributed by atoms with Gasteiger partial charge in [0.1, 0.15) is 0 Å². The summed E-state index contributed by atoms with van der Waals surface area (Å²) in [6.07, 6.45) is 1.17. The number of benzene rings is 1. The average Bonchev–Trinajstić information content (AvgIpc) is 2.12. The van der Waals surface area contributed by atoms with Crippen molar-refractivity contribution in [2.45, 2.75) is 34.1 Å². The molecule has 1 aromatic rings. The first-order valence-corrected chi connectivity index (χ1v) is 4.97. The quantitative estimate of drug-likeness (QED) is 0.745. The minimum atomic E-state index is 1.06. The van der Waals surface area contributed by atoms with Gasteiger partial charge in [0, 0.05) is 12.2 Å². The van der Waals surface area contributed by atoms with Gasteiger partial charge in [-0.2, -0.15) is 0 Å². The Kier molecular flexibility index (Phi) is 3.35. The fraction of sp³-hybridized carbons (Fsp3) is 0.500. The zero-order valence-corrected chi connectivity index (χ0v) is 9.07. The fourth-order valence-electron chi connectivity index (χ4n) is 1.47. The van der Waals surface area contributed by atoms with Gasteiger partial charge in [0.25, 0.3) is 0 Å². The molecule has 0 saturated heterocycles. The molecule has 0 unspecified atom stereocenters. The zero-order valence-electron chi connectivity index (χ0n) is 9.07. The number of anilines is 1. The van der Waals surface area contributed by atoms with E-state index in [0.29, 0.717) is 0 Å². The topological polar surface area (TPSA) is 12.0 Å². The first kappa shape index (κ1) is 10.1. The third-order valence-electron chi connectivity index (χ3n) is 2.50. The Morgan fingerprint density at radius 1 is 1.08 bits per heavy atom. The molecule has 0 atom stereocenters. The summed E-state index contributed by atoms with van der Waals surface area (Å²) < 4.78 is 0. The van der Waals surface area contributed by atoms with E-state index in [4.69, 9.17) is 0 Å². The molecular weight excluding hydrogens is 158 g/mol. The molecule has 0 spiro atoms. The number of rotatable bonds is 3. The van der Waals surface area contributed by atoms with Gasteiger partial charge in [-0.25, -0.2) is 0 Å². The van der Waals surface area contributed by atoms with Crippen molar-refractivity contribution in [3.63, 3.8) is 0 Å². The number of hydrogen-bond donors (Lipinski definition) is 1. The van der Waals surface area contributed by atoms with Gasteiger partial charge in [-0.1, -0.05) is 19.1 Å². The van der Waals surface area contributed by atoms with Gasteiger partial charge in [0.2, 0.25) is 0 Å². The van der Waals surface area contributed by atoms with Crippen LogP contribution < -0.4 is 5.32 Å². The van der Waals surface area contributed by atoms with Crippen molar-refractivity contribution in [2.24, 2.45) is 0 Å². The summed E-state index contributed by atoms with van der Waals surface area (Å²) in [5.41, 5.74) is 5.41. The van der Waals surface area contributed by atoms with E-state index in [1.165, 1.54) is 28.8 Å². The molecule has 0 heterocycles. The summed E-state index contributed by atoms with van der Waals surface area (Å²) >= 11 is 0. The highest BCUT2D eigenvalue weighted by Gasteiger charge is 2.02. The van der Waals surface area contributed by atoms with Crippen LogP contribution in [0.5, 0.6) is 0 Å². The standard InChI is InChI=1S/C12H19N/c1-5-8-13-12-10(3)7-6-9(2)11(12)4/h6-7,13H,5,8H2,1-4H3. The Hall–Kier alpha value is -0.980. The highest BCUT2D eigenvalue weighted by atomic mass is 14.9. The van der Waals surface area contributed by atoms with Crippen LogP contribution in [0.4, 0.5) is 5.69 Å². The van der Waals surface area contributed by atoms with E-state index in [9.17, 15) is 0 Å². The van der Waals surface area contributed by atoms with E-state index in [-0.39, 0.29) is 0 Å². The lowest BCUT2D eigenvalue weighted by molar-refractivity contribution is 0.974. The van der Waals surface area contributed by atoms with Crippen LogP contribution in [0.2, 0.25) is 0 Å². The summed E-state index contributed by atoms with van der Waals surface area (Å²) in [5, 5.41) is 3.47. The Morgan fingerprint density at radius 2 is 1.69 bits per heavy atom. The van der Waals surface area contributed by atoms with Crippen LogP contribution in [-0.4, -0.2) is 6.54 Å². The summed E-state index contributed by atoms with van der Waals surface area (Å²) in [6.45, 7) is 9.75. The van der Waals surface area contributed by atoms with Crippen LogP contribution in [0.1, 0.15) is 30.0 Å². The molecule has 0 saturated carbocycles. The second-order valence-corrected chi connectivity index (χ2v) is 3.63. The third-order valence-corrected chi connectivity index (χ3v) is 2.50. The first-order chi connectivity index (χ1) is 6.16. The molecule has 0 aromatic heterocycles. The summed E-state index contributed by atoms with van der Waals surface area (Å²) in [4.78, 5) is 0. The van der Waals surface area contributed by atoms with Crippen LogP contribution in [0, 0.1) is 20.8 Å². The fourth-order valence-corrected chi connectivity index (χ4v) is 1.47. The number of aryl methyl sites for hydroxylation is 2. The van der Waals surface area contributed by atoms with Crippen molar-refractivity contribution >= 4 is 5.69 Å². The molecule has 0 bridgehead atoms. The molecule has 1 N–H and O–H groups in total. The molecule has 0 fully saturated rings. The molecular formula is C12H19N. The summed E-state index contributed by atoms with van der Waals surface area (Å²) in [6, 6.07) is 4.36. The molecule has 1 rings (SSSR count). The molecule has 72 valence electrons. The smallest absolute Gasteiger partial charge is 0.0402 e. The van der Waals surface area contributed by atoms with Crippen molar-refractivity contribution in [3.8, 4) is 0 Å². The van der Waals surface area contributed by atoms with Crippen LogP contribution >= 0.6 is 0 Å². The zero-order chi connectivity index (χ0) is 9.84. The Morgan fingerprint density at radius 3 is 2.31 bits per heavy atom. The minimum Gasteiger partial charge on any atom is -0.385 e. The van der Waals surface area contributed by atoms with E-state index < -0.39 is 0 Å². The lowest BCUT2D eigenvalue weighted by atomic mass is 10.0. The van der Waals surface area contributed by atoms with E-state index in [2.05, 4.69) is 45.1 Å². The Bertz CT molecular complexity index is 289. The van der Waals surface area contributed by atoms with Crippen molar-refractivity contribution in [1.82, 2.24) is 0 Å². The largest absolute Gasteiger partial charge is 0.385 e. The van der Waals surface area contributed by atoms with Gasteiger partial charge in [-0.15, -0.1) is 0 Å². The maximum absolute atomic E-state index is 3.47. The second-order valence-electron chi connectivity index (χ2n) is 3.63. The van der Waals surface area contributed by atoms with Gasteiger partial charge < -0.3 is 5.32 Å². The third kappa shape index (κ3) is 2.24. The Labute approximate surface area is 81.2 Å². The van der Waals surface area contributed by atoms with E-state index in [1.807, 2.05) is 0 Å². The van der Waals surface area contributed by atoms with Crippen LogP contribution in [0.25, 0.3) is 0 Å². The van der Waals surface area contributed by atoms with Crippen molar-refractivity contribution in [1.29, 1.82) is 0 Å². The molecule has 0 aliphatic rings. The predicted octanol–water partition coefficient (Wildman–Crippen LogP) is 3.43. The van der Waals surface area contributed by atoms with Crippen LogP contribution in [0.15, 0.2) is 12.1 Å². The molecule has 1 aromatic carbocycles. The molecule has 0 radical (unpaired) electrons. The average molecular weight is 177 g/mol. The number of hydrogen-bond acceptors (Lipinski definition) is 1. The normalized spacial score (nSPS) is 10.2. The molecule has 1 nitrogen and oxygen atoms in total. The van der Waals surface area contributed by atoms with Gasteiger partial charge >= 0.3 is 0 Å². The second kappa shape index (κ2) is 4.31. The molecule has 1 heteroatoms. The van der Waals surface area contributed by atoms with Gasteiger partial charge in [-0.05, 0) is 43.9 Å². The molecule has 0 amide bonds. The van der Waals surface area contributed by atoms with Crippen molar-refractivity contribution in [3.05, 3.63) is 28.8 Å². The van der Waals surface area contributed by atoms with Gasteiger partial charge in [-0.3, -0.25) is 0 Å².